The van der Waals surface area contributed by atoms with E-state index in [1.165, 1.54) is 5.56 Å². The summed E-state index contributed by atoms with van der Waals surface area (Å²) in [6.07, 6.45) is 3.93. The van der Waals surface area contributed by atoms with Gasteiger partial charge in [-0.2, -0.15) is 0 Å². The molecule has 0 spiro atoms. The van der Waals surface area contributed by atoms with Crippen molar-refractivity contribution in [3.05, 3.63) is 34.9 Å². The van der Waals surface area contributed by atoms with E-state index >= 15 is 0 Å². The van der Waals surface area contributed by atoms with E-state index in [0.29, 0.717) is 5.78 Å². The first kappa shape index (κ1) is 13.6. The number of benzene rings is 1. The Morgan fingerprint density at radius 2 is 2.17 bits per heavy atom. The number of rotatable bonds is 3. The molecule has 0 bridgehead atoms. The van der Waals surface area contributed by atoms with Crippen LogP contribution in [0.15, 0.2) is 24.3 Å². The normalized spacial score (nSPS) is 22.2. The highest BCUT2D eigenvalue weighted by Crippen LogP contribution is 2.28. The van der Waals surface area contributed by atoms with Crippen molar-refractivity contribution in [3.8, 4) is 0 Å². The summed E-state index contributed by atoms with van der Waals surface area (Å²) in [7, 11) is 2.04. The molecule has 0 aromatic heterocycles. The number of nitrogens with zero attached hydrogens (tertiary/aromatic N) is 1. The topological polar surface area (TPSA) is 20.3 Å². The van der Waals surface area contributed by atoms with Crippen LogP contribution in [0.1, 0.15) is 44.2 Å². The van der Waals surface area contributed by atoms with Crippen molar-refractivity contribution in [2.45, 2.75) is 44.7 Å². The standard InChI is InChI=1S/C15H20ClNO/c1-11(12-6-5-7-13(16)10-12)17(2)14-8-3-4-9-15(14)18/h5-7,10-11,14H,3-4,8-9H2,1-2H3. The summed E-state index contributed by atoms with van der Waals surface area (Å²) in [6.45, 7) is 2.13. The molecule has 2 nitrogen and oxygen atoms in total. The lowest BCUT2D eigenvalue weighted by Gasteiger charge is -2.34. The third-order valence-corrected chi connectivity index (χ3v) is 4.19. The molecule has 1 aromatic carbocycles. The van der Waals surface area contributed by atoms with Gasteiger partial charge >= 0.3 is 0 Å². The molecule has 1 aliphatic rings. The molecule has 1 aromatic rings. The van der Waals surface area contributed by atoms with Crippen LogP contribution in [0.2, 0.25) is 5.02 Å². The zero-order chi connectivity index (χ0) is 13.1. The molecule has 0 aliphatic heterocycles. The van der Waals surface area contributed by atoms with E-state index < -0.39 is 0 Å². The fourth-order valence-corrected chi connectivity index (χ4v) is 2.87. The van der Waals surface area contributed by atoms with Crippen molar-refractivity contribution in [1.82, 2.24) is 4.90 Å². The molecule has 2 atom stereocenters. The second-order valence-electron chi connectivity index (χ2n) is 5.12. The van der Waals surface area contributed by atoms with Crippen LogP contribution in [0.5, 0.6) is 0 Å². The predicted molar refractivity (Wildman–Crippen MR) is 74.9 cm³/mol. The molecule has 0 amide bonds. The lowest BCUT2D eigenvalue weighted by atomic mass is 9.91. The predicted octanol–water partition coefficient (Wildman–Crippen LogP) is 3.84. The number of carbonyl (C=O) groups excluding carboxylic acids is 1. The van der Waals surface area contributed by atoms with E-state index in [4.69, 9.17) is 11.6 Å². The fourth-order valence-electron chi connectivity index (χ4n) is 2.67. The summed E-state index contributed by atoms with van der Waals surface area (Å²) in [5, 5.41) is 0.753. The maximum Gasteiger partial charge on any atom is 0.149 e. The third kappa shape index (κ3) is 2.93. The smallest absolute Gasteiger partial charge is 0.149 e. The number of hydrogen-bond acceptors (Lipinski definition) is 2. The van der Waals surface area contributed by atoms with Gasteiger partial charge in [0.25, 0.3) is 0 Å². The Morgan fingerprint density at radius 1 is 1.39 bits per heavy atom. The Morgan fingerprint density at radius 3 is 2.83 bits per heavy atom. The van der Waals surface area contributed by atoms with Crippen molar-refractivity contribution in [2.24, 2.45) is 0 Å². The van der Waals surface area contributed by atoms with E-state index in [0.717, 1.165) is 30.7 Å². The zero-order valence-electron chi connectivity index (χ0n) is 11.0. The molecule has 98 valence electrons. The van der Waals surface area contributed by atoms with Crippen LogP contribution < -0.4 is 0 Å². The second kappa shape index (κ2) is 5.85. The van der Waals surface area contributed by atoms with Gasteiger partial charge in [-0.15, -0.1) is 0 Å². The minimum absolute atomic E-state index is 0.0766. The van der Waals surface area contributed by atoms with E-state index in [1.807, 2.05) is 25.2 Å². The van der Waals surface area contributed by atoms with E-state index in [2.05, 4.69) is 17.9 Å². The molecule has 0 radical (unpaired) electrons. The zero-order valence-corrected chi connectivity index (χ0v) is 11.8. The number of carbonyl (C=O) groups is 1. The van der Waals surface area contributed by atoms with Crippen LogP contribution in [0, 0.1) is 0 Å². The summed E-state index contributed by atoms with van der Waals surface area (Å²) in [4.78, 5) is 14.2. The molecule has 0 saturated heterocycles. The Bertz CT molecular complexity index is 432. The highest BCUT2D eigenvalue weighted by molar-refractivity contribution is 6.30. The quantitative estimate of drug-likeness (QED) is 0.828. The van der Waals surface area contributed by atoms with Crippen molar-refractivity contribution >= 4 is 17.4 Å². The minimum atomic E-state index is 0.0766. The van der Waals surface area contributed by atoms with Crippen molar-refractivity contribution in [1.29, 1.82) is 0 Å². The summed E-state index contributed by atoms with van der Waals surface area (Å²) in [5.74, 6) is 0.387. The van der Waals surface area contributed by atoms with Gasteiger partial charge in [-0.05, 0) is 44.5 Å². The fraction of sp³-hybridized carbons (Fsp3) is 0.533. The first-order chi connectivity index (χ1) is 8.59. The molecule has 2 rings (SSSR count). The molecule has 1 aliphatic carbocycles. The molecule has 3 heteroatoms. The molecule has 2 unspecified atom stereocenters. The van der Waals surface area contributed by atoms with Crippen molar-refractivity contribution < 1.29 is 4.79 Å². The van der Waals surface area contributed by atoms with Gasteiger partial charge in [-0.1, -0.05) is 30.2 Å². The average molecular weight is 266 g/mol. The molecule has 1 fully saturated rings. The molecular weight excluding hydrogens is 246 g/mol. The van der Waals surface area contributed by atoms with Crippen LogP contribution in [0.25, 0.3) is 0 Å². The van der Waals surface area contributed by atoms with Crippen LogP contribution in [-0.2, 0) is 4.79 Å². The van der Waals surface area contributed by atoms with Crippen molar-refractivity contribution in [3.63, 3.8) is 0 Å². The highest BCUT2D eigenvalue weighted by Gasteiger charge is 2.28. The maximum atomic E-state index is 12.0. The molecule has 0 heterocycles. The molecule has 0 N–H and O–H groups in total. The number of ketones is 1. The number of Topliss-reactive ketones (excluding diaryl/α,β-unsaturated/α-hetero) is 1. The number of likely N-dealkylation sites (N-methyl/N-ethyl adjacent to an activating group) is 1. The first-order valence-corrected chi connectivity index (χ1v) is 6.97. The van der Waals surface area contributed by atoms with Crippen LogP contribution in [-0.4, -0.2) is 23.8 Å². The largest absolute Gasteiger partial charge is 0.298 e. The van der Waals surface area contributed by atoms with Gasteiger partial charge < -0.3 is 0 Å². The lowest BCUT2D eigenvalue weighted by Crippen LogP contribution is -2.41. The number of hydrogen-bond donors (Lipinski definition) is 0. The second-order valence-corrected chi connectivity index (χ2v) is 5.56. The average Bonchev–Trinajstić information content (AvgIpc) is 2.37. The van der Waals surface area contributed by atoms with E-state index in [1.54, 1.807) is 0 Å². The van der Waals surface area contributed by atoms with Crippen LogP contribution in [0.4, 0.5) is 0 Å². The highest BCUT2D eigenvalue weighted by atomic mass is 35.5. The summed E-state index contributed by atoms with van der Waals surface area (Å²) >= 11 is 6.02. The maximum absolute atomic E-state index is 12.0. The van der Waals surface area contributed by atoms with Gasteiger partial charge in [0.15, 0.2) is 0 Å². The molecule has 1 saturated carbocycles. The minimum Gasteiger partial charge on any atom is -0.298 e. The van der Waals surface area contributed by atoms with E-state index in [-0.39, 0.29) is 12.1 Å². The summed E-state index contributed by atoms with van der Waals surface area (Å²) in [6, 6.07) is 8.19. The van der Waals surface area contributed by atoms with Crippen molar-refractivity contribution in [2.75, 3.05) is 7.05 Å². The van der Waals surface area contributed by atoms with Crippen LogP contribution >= 0.6 is 11.6 Å². The van der Waals surface area contributed by atoms with Gasteiger partial charge in [0.2, 0.25) is 0 Å². The third-order valence-electron chi connectivity index (χ3n) is 3.96. The van der Waals surface area contributed by atoms with Gasteiger partial charge in [0, 0.05) is 17.5 Å². The first-order valence-electron chi connectivity index (χ1n) is 6.59. The van der Waals surface area contributed by atoms with E-state index in [9.17, 15) is 4.79 Å². The Labute approximate surface area is 114 Å². The Balaban J connectivity index is 2.12. The monoisotopic (exact) mass is 265 g/mol. The SMILES string of the molecule is CC(c1cccc(Cl)c1)N(C)C1CCCCC1=O. The van der Waals surface area contributed by atoms with Gasteiger partial charge in [0.05, 0.1) is 6.04 Å². The summed E-state index contributed by atoms with van der Waals surface area (Å²) < 4.78 is 0. The van der Waals surface area contributed by atoms with Gasteiger partial charge in [0.1, 0.15) is 5.78 Å². The Kier molecular flexibility index (Phi) is 4.41. The molecule has 18 heavy (non-hydrogen) atoms. The summed E-state index contributed by atoms with van der Waals surface area (Å²) in [5.41, 5.74) is 1.17. The Hall–Kier alpha value is -0.860. The van der Waals surface area contributed by atoms with Crippen LogP contribution in [0.3, 0.4) is 0 Å². The lowest BCUT2D eigenvalue weighted by molar-refractivity contribution is -0.126. The van der Waals surface area contributed by atoms with Gasteiger partial charge in [-0.3, -0.25) is 9.69 Å². The molecular formula is C15H20ClNO. The number of halogens is 1. The van der Waals surface area contributed by atoms with Gasteiger partial charge in [-0.25, -0.2) is 0 Å².